The quantitative estimate of drug-likeness (QED) is 0.495. The Hall–Kier alpha value is -2.29. The zero-order valence-corrected chi connectivity index (χ0v) is 20.9. The van der Waals surface area contributed by atoms with Gasteiger partial charge in [-0.15, -0.1) is 0 Å². The lowest BCUT2D eigenvalue weighted by Crippen LogP contribution is -2.51. The first kappa shape index (κ1) is 23.5. The van der Waals surface area contributed by atoms with Crippen LogP contribution in [0, 0.1) is 24.6 Å². The van der Waals surface area contributed by atoms with Crippen molar-refractivity contribution in [1.29, 1.82) is 0 Å². The van der Waals surface area contributed by atoms with E-state index < -0.39 is 10.0 Å². The highest BCUT2D eigenvalue weighted by atomic mass is 32.2. The molecule has 34 heavy (non-hydrogen) atoms. The molecule has 2 fully saturated rings. The fourth-order valence-electron chi connectivity index (χ4n) is 5.06. The summed E-state index contributed by atoms with van der Waals surface area (Å²) in [4.78, 5) is 2.44. The van der Waals surface area contributed by atoms with Crippen LogP contribution in [0.1, 0.15) is 43.9 Å². The van der Waals surface area contributed by atoms with Gasteiger partial charge in [0.05, 0.1) is 23.2 Å². The molecular weight excluding hydrogens is 451 g/mol. The normalized spacial score (nSPS) is 20.4. The molecule has 6 nitrogen and oxygen atoms in total. The fourth-order valence-corrected chi connectivity index (χ4v) is 6.93. The van der Waals surface area contributed by atoms with E-state index in [4.69, 9.17) is 0 Å². The molecule has 1 atom stereocenters. The zero-order valence-electron chi connectivity index (χ0n) is 20.1. The first-order chi connectivity index (χ1) is 16.2. The van der Waals surface area contributed by atoms with Gasteiger partial charge in [-0.25, -0.2) is 17.5 Å². The molecule has 0 unspecified atom stereocenters. The van der Waals surface area contributed by atoms with Gasteiger partial charge >= 0.3 is 0 Å². The van der Waals surface area contributed by atoms with E-state index in [-0.39, 0.29) is 17.6 Å². The second-order valence-corrected chi connectivity index (χ2v) is 12.3. The molecule has 8 heteroatoms. The Labute approximate surface area is 201 Å². The van der Waals surface area contributed by atoms with Gasteiger partial charge in [0.15, 0.2) is 0 Å². The third-order valence-corrected chi connectivity index (χ3v) is 8.99. The van der Waals surface area contributed by atoms with Crippen LogP contribution in [0.5, 0.6) is 0 Å². The Morgan fingerprint density at radius 1 is 1.12 bits per heavy atom. The largest absolute Gasteiger partial charge is 0.293 e. The number of halogens is 1. The summed E-state index contributed by atoms with van der Waals surface area (Å²) in [6, 6.07) is 10.6. The second-order valence-electron chi connectivity index (χ2n) is 10.3. The van der Waals surface area contributed by atoms with Gasteiger partial charge in [-0.2, -0.15) is 9.40 Å². The highest BCUT2D eigenvalue weighted by Crippen LogP contribution is 2.35. The van der Waals surface area contributed by atoms with E-state index in [1.54, 1.807) is 16.4 Å². The maximum Gasteiger partial charge on any atom is 0.214 e. The maximum atomic E-state index is 13.4. The van der Waals surface area contributed by atoms with Crippen LogP contribution in [0.2, 0.25) is 0 Å². The van der Waals surface area contributed by atoms with Crippen LogP contribution >= 0.6 is 0 Å². The van der Waals surface area contributed by atoms with Crippen molar-refractivity contribution in [3.8, 4) is 5.69 Å². The summed E-state index contributed by atoms with van der Waals surface area (Å²) in [5.74, 6) is 0.837. The predicted octanol–water partition coefficient (Wildman–Crippen LogP) is 4.53. The molecule has 182 valence electrons. The highest BCUT2D eigenvalue weighted by Gasteiger charge is 2.38. The van der Waals surface area contributed by atoms with E-state index >= 15 is 0 Å². The summed E-state index contributed by atoms with van der Waals surface area (Å²) in [5, 5.41) is 5.55. The number of fused-ring (bicyclic) bond motifs is 1. The smallest absolute Gasteiger partial charge is 0.214 e. The lowest BCUT2D eigenvalue weighted by Gasteiger charge is -2.42. The molecule has 1 saturated heterocycles. The van der Waals surface area contributed by atoms with E-state index in [1.807, 2.05) is 10.9 Å². The zero-order chi connectivity index (χ0) is 24.0. The average Bonchev–Trinajstić information content (AvgIpc) is 3.50. The maximum absolute atomic E-state index is 13.4. The third kappa shape index (κ3) is 4.76. The number of aromatic nitrogens is 2. The van der Waals surface area contributed by atoms with Crippen LogP contribution < -0.4 is 0 Å². The molecule has 0 N–H and O–H groups in total. The third-order valence-electron chi connectivity index (χ3n) is 6.98. The minimum Gasteiger partial charge on any atom is -0.293 e. The van der Waals surface area contributed by atoms with Crippen LogP contribution in [-0.4, -0.2) is 59.3 Å². The predicted molar refractivity (Wildman–Crippen MR) is 133 cm³/mol. The molecule has 0 spiro atoms. The molecular formula is C26H33FN4O2S. The summed E-state index contributed by atoms with van der Waals surface area (Å²) in [7, 11) is -3.24. The molecule has 1 aliphatic heterocycles. The topological polar surface area (TPSA) is 58.4 Å². The monoisotopic (exact) mass is 484 g/mol. The molecule has 3 aromatic rings. The van der Waals surface area contributed by atoms with Crippen molar-refractivity contribution in [1.82, 2.24) is 19.0 Å². The molecule has 0 radical (unpaired) electrons. The van der Waals surface area contributed by atoms with E-state index in [0.717, 1.165) is 53.6 Å². The summed E-state index contributed by atoms with van der Waals surface area (Å²) in [6.07, 6.45) is 3.90. The summed E-state index contributed by atoms with van der Waals surface area (Å²) < 4.78 is 43.1. The Morgan fingerprint density at radius 3 is 2.53 bits per heavy atom. The van der Waals surface area contributed by atoms with E-state index in [9.17, 15) is 12.8 Å². The molecule has 2 aromatic carbocycles. The number of piperazine rings is 1. The molecule has 2 heterocycles. The Morgan fingerprint density at radius 2 is 1.85 bits per heavy atom. The van der Waals surface area contributed by atoms with Gasteiger partial charge in [-0.3, -0.25) is 4.90 Å². The number of hydrogen-bond acceptors (Lipinski definition) is 4. The SMILES string of the molecule is Cc1cc2c(cnn2-c2ccc(F)cc2)cc1[C@@H]1CN(S(=O)(=O)CC2CC2)CCN1CC(C)C. The Balaban J connectivity index is 1.50. The molecule has 1 saturated carbocycles. The van der Waals surface area contributed by atoms with Crippen molar-refractivity contribution in [3.63, 3.8) is 0 Å². The van der Waals surface area contributed by atoms with E-state index in [0.29, 0.717) is 24.9 Å². The van der Waals surface area contributed by atoms with Gasteiger partial charge < -0.3 is 0 Å². The van der Waals surface area contributed by atoms with Crippen molar-refractivity contribution in [3.05, 3.63) is 59.5 Å². The molecule has 1 aliphatic carbocycles. The van der Waals surface area contributed by atoms with Gasteiger partial charge in [0.25, 0.3) is 0 Å². The summed E-state index contributed by atoms with van der Waals surface area (Å²) >= 11 is 0. The van der Waals surface area contributed by atoms with Crippen LogP contribution in [-0.2, 0) is 10.0 Å². The number of sulfonamides is 1. The molecule has 0 amide bonds. The van der Waals surface area contributed by atoms with Gasteiger partial charge in [-0.1, -0.05) is 13.8 Å². The molecule has 0 bridgehead atoms. The van der Waals surface area contributed by atoms with E-state index in [2.05, 4.69) is 42.9 Å². The van der Waals surface area contributed by atoms with Gasteiger partial charge in [0.2, 0.25) is 10.0 Å². The van der Waals surface area contributed by atoms with E-state index in [1.165, 1.54) is 12.1 Å². The van der Waals surface area contributed by atoms with Crippen LogP contribution in [0.3, 0.4) is 0 Å². The number of hydrogen-bond donors (Lipinski definition) is 0. The van der Waals surface area contributed by atoms with Crippen LogP contribution in [0.4, 0.5) is 4.39 Å². The van der Waals surface area contributed by atoms with Crippen molar-refractivity contribution in [2.75, 3.05) is 31.9 Å². The van der Waals surface area contributed by atoms with Crippen molar-refractivity contribution in [2.24, 2.45) is 11.8 Å². The first-order valence-corrected chi connectivity index (χ1v) is 13.8. The molecule has 1 aromatic heterocycles. The van der Waals surface area contributed by atoms with Gasteiger partial charge in [-0.05, 0) is 79.1 Å². The van der Waals surface area contributed by atoms with Crippen LogP contribution in [0.25, 0.3) is 16.6 Å². The van der Waals surface area contributed by atoms with Gasteiger partial charge in [0.1, 0.15) is 5.82 Å². The number of rotatable bonds is 7. The number of aryl methyl sites for hydroxylation is 1. The standard InChI is InChI=1S/C26H33FN4O2S/c1-18(2)15-29-10-11-30(34(32,33)17-20-4-5-20)16-26(29)24-13-21-14-28-31(25(21)12-19(24)3)23-8-6-22(27)7-9-23/h6-9,12-14,18,20,26H,4-5,10-11,15-17H2,1-3H3/t26-/m0/s1. The molecule has 2 aliphatic rings. The average molecular weight is 485 g/mol. The lowest BCUT2D eigenvalue weighted by atomic mass is 9.96. The van der Waals surface area contributed by atoms with Crippen molar-refractivity contribution < 1.29 is 12.8 Å². The lowest BCUT2D eigenvalue weighted by molar-refractivity contribution is 0.105. The summed E-state index contributed by atoms with van der Waals surface area (Å²) in [5.41, 5.74) is 4.02. The van der Waals surface area contributed by atoms with Gasteiger partial charge in [0, 0.05) is 37.6 Å². The van der Waals surface area contributed by atoms with Crippen molar-refractivity contribution in [2.45, 2.75) is 39.7 Å². The Bertz CT molecular complexity index is 1280. The second kappa shape index (κ2) is 9.06. The first-order valence-electron chi connectivity index (χ1n) is 12.2. The fraction of sp³-hybridized carbons (Fsp3) is 0.500. The summed E-state index contributed by atoms with van der Waals surface area (Å²) in [6.45, 7) is 9.20. The number of benzene rings is 2. The Kier molecular flexibility index (Phi) is 6.25. The molecule has 5 rings (SSSR count). The highest BCUT2D eigenvalue weighted by molar-refractivity contribution is 7.89. The van der Waals surface area contributed by atoms with Crippen LogP contribution in [0.15, 0.2) is 42.6 Å². The minimum atomic E-state index is -3.24. The van der Waals surface area contributed by atoms with Crippen molar-refractivity contribution >= 4 is 20.9 Å². The minimum absolute atomic E-state index is 0.00343. The number of nitrogens with zero attached hydrogens (tertiary/aromatic N) is 4.